The first-order valence-electron chi connectivity index (χ1n) is 8.02. The van der Waals surface area contributed by atoms with Gasteiger partial charge in [0.05, 0.1) is 6.54 Å². The molecule has 1 aromatic carbocycles. The Morgan fingerprint density at radius 3 is 2.67 bits per heavy atom. The molecule has 1 aliphatic heterocycles. The third kappa shape index (κ3) is 3.83. The van der Waals surface area contributed by atoms with E-state index in [1.54, 1.807) is 0 Å². The molecule has 1 amide bonds. The average Bonchev–Trinajstić information content (AvgIpc) is 3.26. The van der Waals surface area contributed by atoms with Crippen molar-refractivity contribution >= 4 is 5.91 Å². The van der Waals surface area contributed by atoms with E-state index in [-0.39, 0.29) is 12.5 Å². The molecule has 1 aromatic rings. The zero-order valence-corrected chi connectivity index (χ0v) is 12.6. The molecule has 1 saturated heterocycles. The molecule has 0 bridgehead atoms. The van der Waals surface area contributed by atoms with E-state index in [1.165, 1.54) is 18.4 Å². The van der Waals surface area contributed by atoms with Crippen LogP contribution in [0.3, 0.4) is 0 Å². The topological polar surface area (TPSA) is 49.6 Å². The zero-order chi connectivity index (χ0) is 14.7. The molecule has 0 radical (unpaired) electrons. The number of likely N-dealkylation sites (tertiary alicyclic amines) is 1. The summed E-state index contributed by atoms with van der Waals surface area (Å²) in [7, 11) is 0. The molecule has 21 heavy (non-hydrogen) atoms. The third-order valence-electron chi connectivity index (χ3n) is 4.60. The molecule has 114 valence electrons. The van der Waals surface area contributed by atoms with E-state index in [4.69, 9.17) is 5.73 Å². The lowest BCUT2D eigenvalue weighted by molar-refractivity contribution is -0.128. The lowest BCUT2D eigenvalue weighted by Crippen LogP contribution is -2.36. The van der Waals surface area contributed by atoms with Gasteiger partial charge in [-0.15, -0.1) is 0 Å². The molecule has 1 saturated carbocycles. The lowest BCUT2D eigenvalue weighted by Gasteiger charge is -2.25. The van der Waals surface area contributed by atoms with Crippen molar-refractivity contribution in [3.63, 3.8) is 0 Å². The van der Waals surface area contributed by atoms with E-state index in [2.05, 4.69) is 35.2 Å². The summed E-state index contributed by atoms with van der Waals surface area (Å²) >= 11 is 0. The normalized spacial score (nSPS) is 22.0. The number of hydrogen-bond acceptors (Lipinski definition) is 3. The second-order valence-electron chi connectivity index (χ2n) is 6.34. The Labute approximate surface area is 126 Å². The Bertz CT molecular complexity index is 472. The van der Waals surface area contributed by atoms with Crippen molar-refractivity contribution in [2.24, 2.45) is 11.7 Å². The van der Waals surface area contributed by atoms with Crippen molar-refractivity contribution < 1.29 is 4.79 Å². The van der Waals surface area contributed by atoms with E-state index < -0.39 is 0 Å². The standard InChI is InChI=1S/C17H25N3O/c18-10-17(21)19-9-8-15(12-19)13-20(16-6-7-16)11-14-4-2-1-3-5-14/h1-5,15-16H,6-13,18H2/t15-/m0/s1. The van der Waals surface area contributed by atoms with E-state index in [9.17, 15) is 4.79 Å². The summed E-state index contributed by atoms with van der Waals surface area (Å²) in [5, 5.41) is 0. The van der Waals surface area contributed by atoms with Crippen LogP contribution in [0.25, 0.3) is 0 Å². The van der Waals surface area contributed by atoms with Crippen molar-refractivity contribution in [1.29, 1.82) is 0 Å². The molecule has 2 fully saturated rings. The molecule has 0 unspecified atom stereocenters. The summed E-state index contributed by atoms with van der Waals surface area (Å²) in [4.78, 5) is 16.2. The van der Waals surface area contributed by atoms with Gasteiger partial charge in [0.1, 0.15) is 0 Å². The van der Waals surface area contributed by atoms with Gasteiger partial charge < -0.3 is 10.6 Å². The summed E-state index contributed by atoms with van der Waals surface area (Å²) in [6.07, 6.45) is 3.76. The maximum absolute atomic E-state index is 11.7. The number of benzene rings is 1. The number of nitrogens with zero attached hydrogens (tertiary/aromatic N) is 2. The van der Waals surface area contributed by atoms with Crippen LogP contribution in [0.4, 0.5) is 0 Å². The van der Waals surface area contributed by atoms with Gasteiger partial charge in [0, 0.05) is 32.2 Å². The highest BCUT2D eigenvalue weighted by atomic mass is 16.2. The minimum atomic E-state index is 0.0959. The van der Waals surface area contributed by atoms with Gasteiger partial charge in [-0.3, -0.25) is 9.69 Å². The van der Waals surface area contributed by atoms with Crippen LogP contribution in [0.1, 0.15) is 24.8 Å². The molecule has 4 nitrogen and oxygen atoms in total. The quantitative estimate of drug-likeness (QED) is 0.862. The minimum absolute atomic E-state index is 0.0959. The van der Waals surface area contributed by atoms with E-state index in [0.717, 1.165) is 38.6 Å². The van der Waals surface area contributed by atoms with Crippen LogP contribution in [0.2, 0.25) is 0 Å². The Morgan fingerprint density at radius 2 is 2.00 bits per heavy atom. The number of amides is 1. The number of carbonyl (C=O) groups excluding carboxylic acids is 1. The number of nitrogens with two attached hydrogens (primary N) is 1. The first-order valence-corrected chi connectivity index (χ1v) is 8.02. The van der Waals surface area contributed by atoms with Crippen LogP contribution >= 0.6 is 0 Å². The summed E-state index contributed by atoms with van der Waals surface area (Å²) in [6.45, 7) is 4.04. The fraction of sp³-hybridized carbons (Fsp3) is 0.588. The Morgan fingerprint density at radius 1 is 1.24 bits per heavy atom. The summed E-state index contributed by atoms with van der Waals surface area (Å²) in [6, 6.07) is 11.4. The van der Waals surface area contributed by atoms with Crippen LogP contribution in [-0.4, -0.2) is 47.9 Å². The van der Waals surface area contributed by atoms with Crippen LogP contribution in [0.5, 0.6) is 0 Å². The van der Waals surface area contributed by atoms with E-state index in [1.807, 2.05) is 4.90 Å². The van der Waals surface area contributed by atoms with Crippen LogP contribution in [-0.2, 0) is 11.3 Å². The minimum Gasteiger partial charge on any atom is -0.341 e. The highest BCUT2D eigenvalue weighted by Crippen LogP contribution is 2.30. The SMILES string of the molecule is NCC(=O)N1CC[C@H](CN(Cc2ccccc2)C2CC2)C1. The molecule has 1 atom stereocenters. The fourth-order valence-electron chi connectivity index (χ4n) is 3.27. The van der Waals surface area contributed by atoms with E-state index >= 15 is 0 Å². The predicted octanol–water partition coefficient (Wildman–Crippen LogP) is 1.46. The van der Waals surface area contributed by atoms with Crippen molar-refractivity contribution in [3.05, 3.63) is 35.9 Å². The zero-order valence-electron chi connectivity index (χ0n) is 12.6. The molecule has 3 rings (SSSR count). The molecular weight excluding hydrogens is 262 g/mol. The second kappa shape index (κ2) is 6.58. The summed E-state index contributed by atoms with van der Waals surface area (Å²) < 4.78 is 0. The van der Waals surface area contributed by atoms with Gasteiger partial charge in [0.25, 0.3) is 0 Å². The van der Waals surface area contributed by atoms with E-state index in [0.29, 0.717) is 5.92 Å². The van der Waals surface area contributed by atoms with Gasteiger partial charge in [0.15, 0.2) is 0 Å². The maximum atomic E-state index is 11.7. The Hall–Kier alpha value is -1.39. The van der Waals surface area contributed by atoms with Crippen LogP contribution in [0, 0.1) is 5.92 Å². The average molecular weight is 287 g/mol. The Balaban J connectivity index is 1.55. The molecule has 0 aromatic heterocycles. The van der Waals surface area contributed by atoms with Crippen LogP contribution < -0.4 is 5.73 Å². The van der Waals surface area contributed by atoms with Crippen molar-refractivity contribution in [2.45, 2.75) is 31.8 Å². The largest absolute Gasteiger partial charge is 0.341 e. The maximum Gasteiger partial charge on any atom is 0.236 e. The summed E-state index contributed by atoms with van der Waals surface area (Å²) in [5.74, 6) is 0.698. The van der Waals surface area contributed by atoms with Gasteiger partial charge in [-0.05, 0) is 30.7 Å². The fourth-order valence-corrected chi connectivity index (χ4v) is 3.27. The number of rotatable bonds is 6. The third-order valence-corrected chi connectivity index (χ3v) is 4.60. The molecule has 2 aliphatic rings. The van der Waals surface area contributed by atoms with Gasteiger partial charge in [-0.25, -0.2) is 0 Å². The predicted molar refractivity (Wildman–Crippen MR) is 83.6 cm³/mol. The first-order chi connectivity index (χ1) is 10.3. The molecule has 1 aliphatic carbocycles. The summed E-state index contributed by atoms with van der Waals surface area (Å²) in [5.41, 5.74) is 6.84. The molecule has 1 heterocycles. The van der Waals surface area contributed by atoms with Crippen molar-refractivity contribution in [3.8, 4) is 0 Å². The molecule has 2 N–H and O–H groups in total. The van der Waals surface area contributed by atoms with Gasteiger partial charge >= 0.3 is 0 Å². The smallest absolute Gasteiger partial charge is 0.236 e. The second-order valence-corrected chi connectivity index (χ2v) is 6.34. The highest BCUT2D eigenvalue weighted by molar-refractivity contribution is 5.78. The lowest BCUT2D eigenvalue weighted by atomic mass is 10.1. The first kappa shape index (κ1) is 14.5. The Kier molecular flexibility index (Phi) is 4.56. The number of carbonyl (C=O) groups is 1. The molecule has 0 spiro atoms. The molecule has 4 heteroatoms. The monoisotopic (exact) mass is 287 g/mol. The van der Waals surface area contributed by atoms with Crippen LogP contribution in [0.15, 0.2) is 30.3 Å². The van der Waals surface area contributed by atoms with Gasteiger partial charge in [-0.2, -0.15) is 0 Å². The van der Waals surface area contributed by atoms with Crippen molar-refractivity contribution in [1.82, 2.24) is 9.80 Å². The molecular formula is C17H25N3O. The van der Waals surface area contributed by atoms with Gasteiger partial charge in [0.2, 0.25) is 5.91 Å². The highest BCUT2D eigenvalue weighted by Gasteiger charge is 2.33. The van der Waals surface area contributed by atoms with Gasteiger partial charge in [-0.1, -0.05) is 30.3 Å². The van der Waals surface area contributed by atoms with Crippen molar-refractivity contribution in [2.75, 3.05) is 26.2 Å². The number of hydrogen-bond donors (Lipinski definition) is 1.